The summed E-state index contributed by atoms with van der Waals surface area (Å²) in [5, 5.41) is 33.6. The van der Waals surface area contributed by atoms with Crippen LogP contribution in [0.2, 0.25) is 0 Å². The molecular weight excluding hydrogens is 731 g/mol. The van der Waals surface area contributed by atoms with Crippen LogP contribution in [0.4, 0.5) is 0 Å². The number of rotatable bonds is 21. The highest BCUT2D eigenvalue weighted by Crippen LogP contribution is 2.17. The Kier molecular flexibility index (Phi) is 16.5. The summed E-state index contributed by atoms with van der Waals surface area (Å²) < 4.78 is 0. The third kappa shape index (κ3) is 14.7. The molecule has 0 unspecified atom stereocenters. The van der Waals surface area contributed by atoms with E-state index in [9.17, 15) is 28.8 Å². The van der Waals surface area contributed by atoms with Crippen LogP contribution in [0, 0.1) is 5.41 Å². The lowest BCUT2D eigenvalue weighted by Gasteiger charge is -2.25. The van der Waals surface area contributed by atoms with Crippen LogP contribution in [0.3, 0.4) is 0 Å². The Morgan fingerprint density at radius 2 is 1.12 bits per heavy atom. The molecule has 4 aromatic rings. The van der Waals surface area contributed by atoms with Crippen LogP contribution in [-0.2, 0) is 48.0 Å². The van der Waals surface area contributed by atoms with Gasteiger partial charge in [0, 0.05) is 19.4 Å². The summed E-state index contributed by atoms with van der Waals surface area (Å²) in [4.78, 5) is 78.1. The van der Waals surface area contributed by atoms with Crippen molar-refractivity contribution in [1.82, 2.24) is 31.9 Å². The Bertz CT molecular complexity index is 2010. The van der Waals surface area contributed by atoms with Crippen molar-refractivity contribution in [2.24, 2.45) is 11.5 Å². The monoisotopic (exact) mass is 779 g/mol. The second-order valence-electron chi connectivity index (χ2n) is 13.4. The number of benzene rings is 4. The van der Waals surface area contributed by atoms with Gasteiger partial charge < -0.3 is 48.5 Å². The van der Waals surface area contributed by atoms with Crippen molar-refractivity contribution >= 4 is 52.2 Å². The van der Waals surface area contributed by atoms with Crippen molar-refractivity contribution in [1.29, 1.82) is 5.41 Å². The lowest BCUT2D eigenvalue weighted by atomic mass is 9.99. The number of fused-ring (bicyclic) bond motifs is 1. The van der Waals surface area contributed by atoms with Gasteiger partial charge in [-0.2, -0.15) is 0 Å². The average molecular weight is 780 g/mol. The maximum Gasteiger partial charge on any atom is 0.322 e. The molecular formula is C41H49N9O7. The lowest BCUT2D eigenvalue weighted by molar-refractivity contribution is -0.138. The summed E-state index contributed by atoms with van der Waals surface area (Å²) in [5.41, 5.74) is 13.9. The molecule has 0 aliphatic heterocycles. The number of hydrogen-bond acceptors (Lipinski definition) is 8. The molecule has 4 atom stereocenters. The summed E-state index contributed by atoms with van der Waals surface area (Å²) in [7, 11) is 0. The Labute approximate surface area is 330 Å². The van der Waals surface area contributed by atoms with Gasteiger partial charge in [-0.15, -0.1) is 0 Å². The number of hydrogen-bond donors (Lipinski definition) is 10. The van der Waals surface area contributed by atoms with Gasteiger partial charge in [0.2, 0.25) is 29.5 Å². The van der Waals surface area contributed by atoms with Crippen LogP contribution >= 0.6 is 0 Å². The van der Waals surface area contributed by atoms with E-state index in [1.165, 1.54) is 0 Å². The number of amides is 5. The highest BCUT2D eigenvalue weighted by molar-refractivity contribution is 5.95. The molecule has 0 saturated heterocycles. The third-order valence-electron chi connectivity index (χ3n) is 8.91. The summed E-state index contributed by atoms with van der Waals surface area (Å²) in [6.07, 6.45) is 0.701. The largest absolute Gasteiger partial charge is 0.480 e. The number of carboxylic acids is 1. The maximum atomic E-state index is 14.1. The minimum Gasteiger partial charge on any atom is -0.480 e. The molecule has 0 saturated carbocycles. The normalized spacial score (nSPS) is 12.9. The molecule has 0 aliphatic carbocycles. The van der Waals surface area contributed by atoms with Gasteiger partial charge in [-0.05, 0) is 46.7 Å². The SMILES string of the molecule is N=C(N)NCCC[C@@H](NC(=O)CNC(=O)[C@H](Cc1ccc2ccccc2c1)NC(=O)[C@@H](Cc1ccccc1)NC(=O)[C@@H](N)Cc1ccccc1)C(=O)NCC(=O)O. The van der Waals surface area contributed by atoms with E-state index in [0.717, 1.165) is 21.9 Å². The van der Waals surface area contributed by atoms with E-state index in [1.54, 1.807) is 12.1 Å². The quantitative estimate of drug-likeness (QED) is 0.0313. The van der Waals surface area contributed by atoms with Gasteiger partial charge in [0.1, 0.15) is 24.7 Å². The molecule has 0 heterocycles. The van der Waals surface area contributed by atoms with E-state index in [1.807, 2.05) is 91.0 Å². The zero-order valence-corrected chi connectivity index (χ0v) is 31.3. The molecule has 16 nitrogen and oxygen atoms in total. The van der Waals surface area contributed by atoms with Crippen LogP contribution < -0.4 is 43.4 Å². The number of nitrogens with two attached hydrogens (primary N) is 2. The van der Waals surface area contributed by atoms with Crippen LogP contribution in [0.25, 0.3) is 10.8 Å². The first kappa shape index (κ1) is 42.9. The molecule has 0 spiro atoms. The van der Waals surface area contributed by atoms with Crippen LogP contribution in [-0.4, -0.2) is 90.4 Å². The number of carboxylic acid groups (broad SMARTS) is 1. The van der Waals surface area contributed by atoms with E-state index in [0.29, 0.717) is 5.56 Å². The molecule has 0 aromatic heterocycles. The van der Waals surface area contributed by atoms with Crippen LogP contribution in [0.1, 0.15) is 29.5 Å². The number of nitrogens with one attached hydrogen (secondary N) is 7. The first-order valence-corrected chi connectivity index (χ1v) is 18.4. The van der Waals surface area contributed by atoms with Crippen molar-refractivity contribution in [2.75, 3.05) is 19.6 Å². The molecule has 12 N–H and O–H groups in total. The van der Waals surface area contributed by atoms with E-state index in [-0.39, 0.29) is 44.6 Å². The molecule has 0 radical (unpaired) electrons. The zero-order chi connectivity index (χ0) is 41.2. The number of aliphatic carboxylic acids is 1. The van der Waals surface area contributed by atoms with Gasteiger partial charge in [0.15, 0.2) is 5.96 Å². The Morgan fingerprint density at radius 1 is 0.579 bits per heavy atom. The number of carbonyl (C=O) groups excluding carboxylic acids is 5. The van der Waals surface area contributed by atoms with Gasteiger partial charge >= 0.3 is 5.97 Å². The Hall–Kier alpha value is -6.81. The van der Waals surface area contributed by atoms with Crippen molar-refractivity contribution in [3.8, 4) is 0 Å². The fourth-order valence-corrected chi connectivity index (χ4v) is 6.00. The number of carbonyl (C=O) groups is 6. The number of guanidine groups is 1. The second-order valence-corrected chi connectivity index (χ2v) is 13.4. The van der Waals surface area contributed by atoms with Crippen molar-refractivity contribution < 1.29 is 33.9 Å². The van der Waals surface area contributed by atoms with Gasteiger partial charge in [-0.25, -0.2) is 0 Å². The highest BCUT2D eigenvalue weighted by Gasteiger charge is 2.29. The minimum atomic E-state index is -1.28. The summed E-state index contributed by atoms with van der Waals surface area (Å²) >= 11 is 0. The Balaban J connectivity index is 1.51. The standard InChI is InChI=1S/C41H49N9O7/c42-31(21-26-10-3-1-4-11-26)37(54)49-34(22-27-12-5-2-6-13-27)40(57)50-33(23-28-17-18-29-14-7-8-15-30(29)20-28)39(56)46-24-35(51)48-32(16-9-19-45-41(43)44)38(55)47-25-36(52)53/h1-8,10-15,17-18,20,31-34H,9,16,19,21-25,42H2,(H,46,56)(H,47,55)(H,48,51)(H,49,54)(H,50,57)(H,52,53)(H4,43,44,45)/t31-,32+,33-,34+/m0/s1. The second kappa shape index (κ2) is 21.9. The molecule has 16 heteroatoms. The van der Waals surface area contributed by atoms with E-state index < -0.39 is 72.8 Å². The van der Waals surface area contributed by atoms with E-state index >= 15 is 0 Å². The van der Waals surface area contributed by atoms with Crippen molar-refractivity contribution in [2.45, 2.75) is 56.3 Å². The fourth-order valence-electron chi connectivity index (χ4n) is 6.00. The van der Waals surface area contributed by atoms with Crippen molar-refractivity contribution in [3.63, 3.8) is 0 Å². The minimum absolute atomic E-state index is 0.0208. The first-order valence-electron chi connectivity index (χ1n) is 18.4. The first-order chi connectivity index (χ1) is 27.4. The predicted molar refractivity (Wildman–Crippen MR) is 215 cm³/mol. The van der Waals surface area contributed by atoms with Gasteiger partial charge in [-0.3, -0.25) is 34.2 Å². The molecule has 4 aromatic carbocycles. The molecule has 0 fully saturated rings. The van der Waals surface area contributed by atoms with Crippen molar-refractivity contribution in [3.05, 3.63) is 120 Å². The van der Waals surface area contributed by atoms with Crippen LogP contribution in [0.5, 0.6) is 0 Å². The molecule has 0 aliphatic rings. The van der Waals surface area contributed by atoms with Gasteiger partial charge in [0.05, 0.1) is 12.6 Å². The lowest BCUT2D eigenvalue weighted by Crippen LogP contribution is -2.57. The maximum absolute atomic E-state index is 14.1. The fraction of sp³-hybridized carbons (Fsp3) is 0.293. The molecule has 0 bridgehead atoms. The van der Waals surface area contributed by atoms with E-state index in [4.69, 9.17) is 22.0 Å². The molecule has 4 rings (SSSR count). The average Bonchev–Trinajstić information content (AvgIpc) is 3.20. The van der Waals surface area contributed by atoms with Gasteiger partial charge in [0.25, 0.3) is 0 Å². The third-order valence-corrected chi connectivity index (χ3v) is 8.91. The Morgan fingerprint density at radius 3 is 1.77 bits per heavy atom. The highest BCUT2D eigenvalue weighted by atomic mass is 16.4. The summed E-state index contributed by atoms with van der Waals surface area (Å²) in [5.74, 6) is -4.99. The van der Waals surface area contributed by atoms with Crippen LogP contribution in [0.15, 0.2) is 103 Å². The molecule has 57 heavy (non-hydrogen) atoms. The van der Waals surface area contributed by atoms with Gasteiger partial charge in [-0.1, -0.05) is 103 Å². The molecule has 300 valence electrons. The smallest absolute Gasteiger partial charge is 0.322 e. The summed E-state index contributed by atoms with van der Waals surface area (Å²) in [6.45, 7) is -1.05. The topological polar surface area (TPSA) is 271 Å². The zero-order valence-electron chi connectivity index (χ0n) is 31.3. The predicted octanol–water partition coefficient (Wildman–Crippen LogP) is 0.230. The summed E-state index contributed by atoms with van der Waals surface area (Å²) in [6, 6.07) is 27.1. The molecule has 5 amide bonds. The van der Waals surface area contributed by atoms with E-state index in [2.05, 4.69) is 31.9 Å².